The van der Waals surface area contributed by atoms with Gasteiger partial charge in [0.2, 0.25) is 11.9 Å². The van der Waals surface area contributed by atoms with Gasteiger partial charge in [-0.1, -0.05) is 6.08 Å². The zero-order valence-electron chi connectivity index (χ0n) is 20.8. The van der Waals surface area contributed by atoms with Crippen molar-refractivity contribution in [1.29, 1.82) is 0 Å². The summed E-state index contributed by atoms with van der Waals surface area (Å²) in [6.45, 7) is 5.84. The minimum atomic E-state index is -0.197. The van der Waals surface area contributed by atoms with Crippen LogP contribution in [0.2, 0.25) is 0 Å². The standard InChI is InChI=1S/C27H29N7O3/c1-19-17-23(36-2)22(18-21(19)30-25(35)6-4-11-33-13-15-37-16-14-33)31-27-29-10-7-24(32-27)34-12-8-20-5-3-9-28-26(20)34/h3-10,12,17-18H,11,13-16H2,1-2H3,(H,30,35)(H,29,31,32)/b6-4+. The Morgan fingerprint density at radius 2 is 2.00 bits per heavy atom. The molecule has 0 radical (unpaired) electrons. The molecule has 1 fully saturated rings. The Morgan fingerprint density at radius 3 is 2.84 bits per heavy atom. The monoisotopic (exact) mass is 499 g/mol. The van der Waals surface area contributed by atoms with Crippen molar-refractivity contribution in [2.75, 3.05) is 50.6 Å². The summed E-state index contributed by atoms with van der Waals surface area (Å²) in [5.41, 5.74) is 2.98. The van der Waals surface area contributed by atoms with Crippen LogP contribution >= 0.6 is 0 Å². The van der Waals surface area contributed by atoms with Crippen molar-refractivity contribution in [3.8, 4) is 11.6 Å². The van der Waals surface area contributed by atoms with Crippen LogP contribution in [-0.2, 0) is 9.53 Å². The van der Waals surface area contributed by atoms with Gasteiger partial charge in [-0.3, -0.25) is 14.3 Å². The molecule has 1 aliphatic rings. The van der Waals surface area contributed by atoms with E-state index in [9.17, 15) is 4.79 Å². The number of benzene rings is 1. The van der Waals surface area contributed by atoms with Crippen LogP contribution in [-0.4, -0.2) is 70.3 Å². The van der Waals surface area contributed by atoms with Crippen LogP contribution in [0.5, 0.6) is 5.75 Å². The zero-order valence-corrected chi connectivity index (χ0v) is 20.8. The van der Waals surface area contributed by atoms with Crippen LogP contribution < -0.4 is 15.4 Å². The number of amides is 1. The molecule has 37 heavy (non-hydrogen) atoms. The number of hydrogen-bond donors (Lipinski definition) is 2. The maximum atomic E-state index is 12.6. The number of hydrogen-bond acceptors (Lipinski definition) is 8. The van der Waals surface area contributed by atoms with E-state index < -0.39 is 0 Å². The molecule has 10 heteroatoms. The van der Waals surface area contributed by atoms with E-state index >= 15 is 0 Å². The molecule has 3 aromatic heterocycles. The molecular formula is C27H29N7O3. The third-order valence-corrected chi connectivity index (χ3v) is 6.12. The number of methoxy groups -OCH3 is 1. The van der Waals surface area contributed by atoms with Gasteiger partial charge in [0.05, 0.1) is 26.0 Å². The number of carbonyl (C=O) groups is 1. The number of carbonyl (C=O) groups excluding carboxylic acids is 1. The molecule has 1 aliphatic heterocycles. The number of pyridine rings is 1. The molecule has 0 bridgehead atoms. The van der Waals surface area contributed by atoms with E-state index in [-0.39, 0.29) is 5.91 Å². The number of nitrogens with zero attached hydrogens (tertiary/aromatic N) is 5. The Bertz CT molecular complexity index is 1430. The van der Waals surface area contributed by atoms with Crippen LogP contribution in [0, 0.1) is 6.92 Å². The van der Waals surface area contributed by atoms with Crippen molar-refractivity contribution < 1.29 is 14.3 Å². The van der Waals surface area contributed by atoms with E-state index in [1.54, 1.807) is 25.6 Å². The van der Waals surface area contributed by atoms with Gasteiger partial charge in [0.25, 0.3) is 0 Å². The van der Waals surface area contributed by atoms with E-state index in [1.165, 1.54) is 0 Å². The Morgan fingerprint density at radius 1 is 1.14 bits per heavy atom. The second-order valence-corrected chi connectivity index (χ2v) is 8.64. The highest BCUT2D eigenvalue weighted by atomic mass is 16.5. The quantitative estimate of drug-likeness (QED) is 0.354. The largest absolute Gasteiger partial charge is 0.495 e. The molecule has 1 aromatic carbocycles. The average molecular weight is 500 g/mol. The third kappa shape index (κ3) is 5.76. The van der Waals surface area contributed by atoms with Crippen molar-refractivity contribution in [2.45, 2.75) is 6.92 Å². The molecule has 4 aromatic rings. The first kappa shape index (κ1) is 24.4. The van der Waals surface area contributed by atoms with Gasteiger partial charge >= 0.3 is 0 Å². The third-order valence-electron chi connectivity index (χ3n) is 6.12. The number of nitrogens with one attached hydrogen (secondary N) is 2. The summed E-state index contributed by atoms with van der Waals surface area (Å²) in [7, 11) is 1.60. The highest BCUT2D eigenvalue weighted by Gasteiger charge is 2.13. The molecule has 0 atom stereocenters. The Balaban J connectivity index is 1.33. The summed E-state index contributed by atoms with van der Waals surface area (Å²) in [5, 5.41) is 7.22. The minimum Gasteiger partial charge on any atom is -0.495 e. The van der Waals surface area contributed by atoms with Crippen molar-refractivity contribution >= 4 is 34.3 Å². The van der Waals surface area contributed by atoms with Gasteiger partial charge in [0, 0.05) is 55.4 Å². The number of ether oxygens (including phenoxy) is 2. The number of fused-ring (bicyclic) bond motifs is 1. The fraction of sp³-hybridized carbons (Fsp3) is 0.259. The van der Waals surface area contributed by atoms with Crippen LogP contribution in [0.3, 0.4) is 0 Å². The Labute approximate surface area is 215 Å². The predicted octanol–water partition coefficient (Wildman–Crippen LogP) is 3.70. The van der Waals surface area contributed by atoms with Gasteiger partial charge in [-0.25, -0.2) is 9.97 Å². The fourth-order valence-electron chi connectivity index (χ4n) is 4.16. The first-order valence-electron chi connectivity index (χ1n) is 12.1. The summed E-state index contributed by atoms with van der Waals surface area (Å²) in [4.78, 5) is 28.3. The van der Waals surface area contributed by atoms with E-state index in [0.717, 1.165) is 42.9 Å². The van der Waals surface area contributed by atoms with Crippen molar-refractivity contribution in [3.05, 3.63) is 72.7 Å². The Hall–Kier alpha value is -4.28. The van der Waals surface area contributed by atoms with Crippen molar-refractivity contribution in [2.24, 2.45) is 0 Å². The van der Waals surface area contributed by atoms with Gasteiger partial charge in [-0.2, -0.15) is 4.98 Å². The lowest BCUT2D eigenvalue weighted by Crippen LogP contribution is -2.36. The smallest absolute Gasteiger partial charge is 0.248 e. The predicted molar refractivity (Wildman–Crippen MR) is 143 cm³/mol. The van der Waals surface area contributed by atoms with Gasteiger partial charge in [0.15, 0.2) is 0 Å². The molecule has 0 saturated carbocycles. The second-order valence-electron chi connectivity index (χ2n) is 8.64. The number of rotatable bonds is 8. The van der Waals surface area contributed by atoms with E-state index in [0.29, 0.717) is 35.4 Å². The summed E-state index contributed by atoms with van der Waals surface area (Å²) in [6, 6.07) is 11.4. The Kier molecular flexibility index (Phi) is 7.38. The SMILES string of the molecule is COc1cc(C)c(NC(=O)/C=C/CN2CCOCC2)cc1Nc1nccc(-n2ccc3cccnc32)n1. The van der Waals surface area contributed by atoms with E-state index in [2.05, 4.69) is 30.5 Å². The second kappa shape index (κ2) is 11.2. The molecule has 0 spiro atoms. The lowest BCUT2D eigenvalue weighted by molar-refractivity contribution is -0.111. The highest BCUT2D eigenvalue weighted by molar-refractivity contribution is 6.00. The molecule has 190 valence electrons. The molecule has 2 N–H and O–H groups in total. The first-order valence-corrected chi connectivity index (χ1v) is 12.1. The summed E-state index contributed by atoms with van der Waals surface area (Å²) < 4.78 is 12.8. The highest BCUT2D eigenvalue weighted by Crippen LogP contribution is 2.33. The van der Waals surface area contributed by atoms with Crippen LogP contribution in [0.15, 0.2) is 67.1 Å². The number of morpholine rings is 1. The van der Waals surface area contributed by atoms with Crippen LogP contribution in [0.25, 0.3) is 16.9 Å². The van der Waals surface area contributed by atoms with Crippen LogP contribution in [0.4, 0.5) is 17.3 Å². The number of aromatic nitrogens is 4. The van der Waals surface area contributed by atoms with Gasteiger partial charge in [-0.05, 0) is 48.9 Å². The molecule has 1 amide bonds. The lowest BCUT2D eigenvalue weighted by atomic mass is 10.1. The van der Waals surface area contributed by atoms with E-state index in [1.807, 2.05) is 60.2 Å². The lowest BCUT2D eigenvalue weighted by Gasteiger charge is -2.25. The minimum absolute atomic E-state index is 0.197. The molecule has 4 heterocycles. The summed E-state index contributed by atoms with van der Waals surface area (Å²) in [6.07, 6.45) is 8.80. The fourth-order valence-corrected chi connectivity index (χ4v) is 4.16. The maximum absolute atomic E-state index is 12.6. The zero-order chi connectivity index (χ0) is 25.6. The average Bonchev–Trinajstić information content (AvgIpc) is 3.35. The number of anilines is 3. The molecular weight excluding hydrogens is 470 g/mol. The van der Waals surface area contributed by atoms with E-state index in [4.69, 9.17) is 9.47 Å². The van der Waals surface area contributed by atoms with Crippen LogP contribution in [0.1, 0.15) is 5.56 Å². The topological polar surface area (TPSA) is 106 Å². The molecule has 5 rings (SSSR count). The van der Waals surface area contributed by atoms with Gasteiger partial charge in [0.1, 0.15) is 17.2 Å². The van der Waals surface area contributed by atoms with Gasteiger partial charge < -0.3 is 20.1 Å². The van der Waals surface area contributed by atoms with Crippen molar-refractivity contribution in [3.63, 3.8) is 0 Å². The summed E-state index contributed by atoms with van der Waals surface area (Å²) >= 11 is 0. The van der Waals surface area contributed by atoms with Gasteiger partial charge in [-0.15, -0.1) is 0 Å². The molecule has 1 saturated heterocycles. The number of aryl methyl sites for hydroxylation is 1. The normalized spacial score (nSPS) is 14.2. The van der Waals surface area contributed by atoms with Crippen molar-refractivity contribution in [1.82, 2.24) is 24.4 Å². The molecule has 0 aliphatic carbocycles. The maximum Gasteiger partial charge on any atom is 0.248 e. The molecule has 0 unspecified atom stereocenters. The molecule has 10 nitrogen and oxygen atoms in total. The summed E-state index contributed by atoms with van der Waals surface area (Å²) in [5.74, 6) is 1.48. The first-order chi connectivity index (χ1) is 18.1.